The van der Waals surface area contributed by atoms with Gasteiger partial charge in [-0.15, -0.1) is 0 Å². The quantitative estimate of drug-likeness (QED) is 0.771. The minimum atomic E-state index is 0.637. The molecule has 1 aromatic rings. The van der Waals surface area contributed by atoms with E-state index in [2.05, 4.69) is 24.3 Å². The Morgan fingerprint density at radius 1 is 1.62 bits per heavy atom. The first kappa shape index (κ1) is 8.75. The van der Waals surface area contributed by atoms with E-state index in [0.29, 0.717) is 5.92 Å². The van der Waals surface area contributed by atoms with Gasteiger partial charge in [-0.25, -0.2) is 0 Å². The Balaban J connectivity index is 2.18. The maximum absolute atomic E-state index is 5.35. The SMILES string of the molecule is CNCc1noc(C2CC2C)c1C. The van der Waals surface area contributed by atoms with Crippen molar-refractivity contribution in [1.29, 1.82) is 0 Å². The van der Waals surface area contributed by atoms with Crippen LogP contribution in [0.1, 0.15) is 36.3 Å². The lowest BCUT2D eigenvalue weighted by Crippen LogP contribution is -2.06. The molecule has 1 saturated carbocycles. The molecule has 2 unspecified atom stereocenters. The standard InChI is InChI=1S/C10H16N2O/c1-6-4-8(6)10-7(2)9(5-11-3)12-13-10/h6,8,11H,4-5H2,1-3H3. The third kappa shape index (κ3) is 1.48. The molecule has 3 nitrogen and oxygen atoms in total. The Morgan fingerprint density at radius 3 is 2.85 bits per heavy atom. The lowest BCUT2D eigenvalue weighted by molar-refractivity contribution is 0.373. The number of hydrogen-bond acceptors (Lipinski definition) is 3. The zero-order valence-corrected chi connectivity index (χ0v) is 8.42. The molecule has 0 aromatic carbocycles. The van der Waals surface area contributed by atoms with Crippen LogP contribution in [0.3, 0.4) is 0 Å². The number of nitrogens with one attached hydrogen (secondary N) is 1. The fourth-order valence-electron chi connectivity index (χ4n) is 1.75. The van der Waals surface area contributed by atoms with Crippen LogP contribution in [0.25, 0.3) is 0 Å². The fraction of sp³-hybridized carbons (Fsp3) is 0.700. The van der Waals surface area contributed by atoms with Crippen molar-refractivity contribution < 1.29 is 4.52 Å². The van der Waals surface area contributed by atoms with Crippen LogP contribution in [0, 0.1) is 12.8 Å². The van der Waals surface area contributed by atoms with Crippen LogP contribution >= 0.6 is 0 Å². The van der Waals surface area contributed by atoms with E-state index in [4.69, 9.17) is 4.52 Å². The van der Waals surface area contributed by atoms with E-state index in [1.54, 1.807) is 0 Å². The van der Waals surface area contributed by atoms with E-state index < -0.39 is 0 Å². The van der Waals surface area contributed by atoms with Crippen LogP contribution in [0.15, 0.2) is 4.52 Å². The number of aromatic nitrogens is 1. The Morgan fingerprint density at radius 2 is 2.31 bits per heavy atom. The van der Waals surface area contributed by atoms with Crippen molar-refractivity contribution in [3.05, 3.63) is 17.0 Å². The molecule has 0 saturated heterocycles. The summed E-state index contributed by atoms with van der Waals surface area (Å²) in [6.07, 6.45) is 1.26. The third-order valence-corrected chi connectivity index (χ3v) is 2.85. The summed E-state index contributed by atoms with van der Waals surface area (Å²) in [7, 11) is 1.92. The predicted molar refractivity (Wildman–Crippen MR) is 50.5 cm³/mol. The normalized spacial score (nSPS) is 26.4. The van der Waals surface area contributed by atoms with Gasteiger partial charge in [-0.1, -0.05) is 12.1 Å². The molecule has 1 fully saturated rings. The molecule has 0 amide bonds. The van der Waals surface area contributed by atoms with Gasteiger partial charge in [-0.3, -0.25) is 0 Å². The zero-order chi connectivity index (χ0) is 9.42. The van der Waals surface area contributed by atoms with Crippen LogP contribution in [-0.2, 0) is 6.54 Å². The van der Waals surface area contributed by atoms with Gasteiger partial charge >= 0.3 is 0 Å². The molecule has 3 heteroatoms. The fourth-order valence-corrected chi connectivity index (χ4v) is 1.75. The molecule has 1 heterocycles. The molecule has 2 atom stereocenters. The molecular formula is C10H16N2O. The highest BCUT2D eigenvalue weighted by molar-refractivity contribution is 5.27. The van der Waals surface area contributed by atoms with Gasteiger partial charge in [0.1, 0.15) is 11.5 Å². The second-order valence-electron chi connectivity index (χ2n) is 3.97. The molecule has 1 N–H and O–H groups in total. The van der Waals surface area contributed by atoms with Crippen molar-refractivity contribution in [3.8, 4) is 0 Å². The Kier molecular flexibility index (Phi) is 2.12. The van der Waals surface area contributed by atoms with Crippen LogP contribution in [0.2, 0.25) is 0 Å². The zero-order valence-electron chi connectivity index (χ0n) is 8.42. The van der Waals surface area contributed by atoms with Crippen molar-refractivity contribution in [2.45, 2.75) is 32.7 Å². The van der Waals surface area contributed by atoms with E-state index in [1.165, 1.54) is 12.0 Å². The predicted octanol–water partition coefficient (Wildman–Crippen LogP) is 1.83. The average Bonchev–Trinajstić information content (AvgIpc) is 2.70. The van der Waals surface area contributed by atoms with Gasteiger partial charge in [-0.05, 0) is 26.3 Å². The van der Waals surface area contributed by atoms with Crippen molar-refractivity contribution >= 4 is 0 Å². The minimum absolute atomic E-state index is 0.637. The van der Waals surface area contributed by atoms with Crippen molar-refractivity contribution in [2.24, 2.45) is 5.92 Å². The largest absolute Gasteiger partial charge is 0.361 e. The van der Waals surface area contributed by atoms with Crippen LogP contribution in [0.5, 0.6) is 0 Å². The van der Waals surface area contributed by atoms with Gasteiger partial charge in [0, 0.05) is 18.0 Å². The second kappa shape index (κ2) is 3.14. The molecule has 0 bridgehead atoms. The monoisotopic (exact) mass is 180 g/mol. The van der Waals surface area contributed by atoms with Gasteiger partial charge in [0.05, 0.1) is 0 Å². The van der Waals surface area contributed by atoms with Crippen LogP contribution < -0.4 is 5.32 Å². The molecule has 72 valence electrons. The average molecular weight is 180 g/mol. The summed E-state index contributed by atoms with van der Waals surface area (Å²) in [5.74, 6) is 2.53. The molecule has 0 spiro atoms. The van der Waals surface area contributed by atoms with Crippen LogP contribution in [0.4, 0.5) is 0 Å². The summed E-state index contributed by atoms with van der Waals surface area (Å²) < 4.78 is 5.35. The molecular weight excluding hydrogens is 164 g/mol. The molecule has 0 radical (unpaired) electrons. The summed E-state index contributed by atoms with van der Waals surface area (Å²) in [6, 6.07) is 0. The Labute approximate surface area is 78.5 Å². The van der Waals surface area contributed by atoms with Gasteiger partial charge in [0.2, 0.25) is 0 Å². The summed E-state index contributed by atoms with van der Waals surface area (Å²) >= 11 is 0. The summed E-state index contributed by atoms with van der Waals surface area (Å²) in [5.41, 5.74) is 2.29. The van der Waals surface area contributed by atoms with Crippen molar-refractivity contribution in [2.75, 3.05) is 7.05 Å². The van der Waals surface area contributed by atoms with Gasteiger partial charge in [0.25, 0.3) is 0 Å². The molecule has 1 aliphatic carbocycles. The summed E-state index contributed by atoms with van der Waals surface area (Å²) in [4.78, 5) is 0. The van der Waals surface area contributed by atoms with Crippen LogP contribution in [-0.4, -0.2) is 12.2 Å². The maximum Gasteiger partial charge on any atom is 0.143 e. The summed E-state index contributed by atoms with van der Waals surface area (Å²) in [6.45, 7) is 5.16. The summed E-state index contributed by atoms with van der Waals surface area (Å²) in [5, 5.41) is 7.15. The molecule has 2 rings (SSSR count). The first-order valence-corrected chi connectivity index (χ1v) is 4.83. The lowest BCUT2D eigenvalue weighted by Gasteiger charge is -1.95. The van der Waals surface area contributed by atoms with E-state index in [0.717, 1.165) is 23.9 Å². The van der Waals surface area contributed by atoms with Crippen molar-refractivity contribution in [3.63, 3.8) is 0 Å². The number of hydrogen-bond donors (Lipinski definition) is 1. The molecule has 1 aromatic heterocycles. The Hall–Kier alpha value is -0.830. The smallest absolute Gasteiger partial charge is 0.143 e. The van der Waals surface area contributed by atoms with E-state index in [-0.39, 0.29) is 0 Å². The maximum atomic E-state index is 5.35. The van der Waals surface area contributed by atoms with Gasteiger partial charge in [-0.2, -0.15) is 0 Å². The highest BCUT2D eigenvalue weighted by Gasteiger charge is 2.38. The second-order valence-corrected chi connectivity index (χ2v) is 3.97. The van der Waals surface area contributed by atoms with Crippen molar-refractivity contribution in [1.82, 2.24) is 10.5 Å². The highest BCUT2D eigenvalue weighted by atomic mass is 16.5. The van der Waals surface area contributed by atoms with E-state index in [9.17, 15) is 0 Å². The first-order chi connectivity index (χ1) is 6.24. The Bertz CT molecular complexity index is 306. The number of nitrogens with zero attached hydrogens (tertiary/aromatic N) is 1. The number of rotatable bonds is 3. The highest BCUT2D eigenvalue weighted by Crippen LogP contribution is 2.48. The molecule has 13 heavy (non-hydrogen) atoms. The minimum Gasteiger partial charge on any atom is -0.361 e. The molecule has 0 aliphatic heterocycles. The van der Waals surface area contributed by atoms with Gasteiger partial charge in [0.15, 0.2) is 0 Å². The lowest BCUT2D eigenvalue weighted by atomic mass is 10.1. The van der Waals surface area contributed by atoms with E-state index in [1.807, 2.05) is 7.05 Å². The van der Waals surface area contributed by atoms with Gasteiger partial charge < -0.3 is 9.84 Å². The topological polar surface area (TPSA) is 38.1 Å². The van der Waals surface area contributed by atoms with E-state index >= 15 is 0 Å². The molecule has 1 aliphatic rings. The first-order valence-electron chi connectivity index (χ1n) is 4.83. The third-order valence-electron chi connectivity index (χ3n) is 2.85.